The van der Waals surface area contributed by atoms with Gasteiger partial charge in [0.05, 0.1) is 17.9 Å². The summed E-state index contributed by atoms with van der Waals surface area (Å²) in [5, 5.41) is 18.2. The number of aliphatic imine (C=N–C) groups is 1. The van der Waals surface area contributed by atoms with Gasteiger partial charge in [0.15, 0.2) is 0 Å². The van der Waals surface area contributed by atoms with Gasteiger partial charge < -0.3 is 5.11 Å². The fraction of sp³-hybridized carbons (Fsp3) is 0.600. The standard InChI is InChI=1S/C10H11FN2O/c11-8-2-1-3-13-9(8)10(6-12)4-7(14)5-10/h3,7,14H,1-2,4-5H2. The molecule has 2 rings (SSSR count). The van der Waals surface area contributed by atoms with Gasteiger partial charge in [0.25, 0.3) is 0 Å². The van der Waals surface area contributed by atoms with E-state index in [1.54, 1.807) is 6.21 Å². The number of aliphatic hydroxyl groups excluding tert-OH is 1. The van der Waals surface area contributed by atoms with E-state index in [1.165, 1.54) is 0 Å². The molecule has 0 aromatic carbocycles. The van der Waals surface area contributed by atoms with Crippen LogP contribution in [0.25, 0.3) is 0 Å². The summed E-state index contributed by atoms with van der Waals surface area (Å²) in [6.07, 6.45) is 2.71. The maximum Gasteiger partial charge on any atom is 0.123 e. The Kier molecular flexibility index (Phi) is 2.12. The summed E-state index contributed by atoms with van der Waals surface area (Å²) in [7, 11) is 0. The van der Waals surface area contributed by atoms with Crippen LogP contribution < -0.4 is 0 Å². The van der Waals surface area contributed by atoms with E-state index in [4.69, 9.17) is 5.26 Å². The van der Waals surface area contributed by atoms with E-state index >= 15 is 0 Å². The highest BCUT2D eigenvalue weighted by Gasteiger charge is 2.49. The highest BCUT2D eigenvalue weighted by molar-refractivity contribution is 5.62. The van der Waals surface area contributed by atoms with E-state index in [0.717, 1.165) is 0 Å². The smallest absolute Gasteiger partial charge is 0.123 e. The fourth-order valence-electron chi connectivity index (χ4n) is 2.00. The number of halogens is 1. The molecular weight excluding hydrogens is 183 g/mol. The highest BCUT2D eigenvalue weighted by atomic mass is 19.1. The minimum absolute atomic E-state index is 0.247. The Morgan fingerprint density at radius 2 is 2.36 bits per heavy atom. The summed E-state index contributed by atoms with van der Waals surface area (Å²) in [6, 6.07) is 2.07. The van der Waals surface area contributed by atoms with Crippen molar-refractivity contribution >= 4 is 6.21 Å². The molecule has 2 aliphatic rings. The Morgan fingerprint density at radius 3 is 2.86 bits per heavy atom. The second kappa shape index (κ2) is 3.18. The van der Waals surface area contributed by atoms with Crippen molar-refractivity contribution in [1.29, 1.82) is 5.26 Å². The first-order chi connectivity index (χ1) is 6.68. The van der Waals surface area contributed by atoms with Gasteiger partial charge in [-0.25, -0.2) is 4.39 Å². The van der Waals surface area contributed by atoms with Crippen molar-refractivity contribution in [2.75, 3.05) is 0 Å². The molecule has 0 radical (unpaired) electrons. The molecule has 0 saturated heterocycles. The van der Waals surface area contributed by atoms with Crippen LogP contribution in [-0.2, 0) is 0 Å². The molecule has 1 fully saturated rings. The van der Waals surface area contributed by atoms with Gasteiger partial charge in [0.2, 0.25) is 0 Å². The number of nitriles is 1. The summed E-state index contributed by atoms with van der Waals surface area (Å²) in [5.74, 6) is -0.291. The zero-order chi connectivity index (χ0) is 10.2. The van der Waals surface area contributed by atoms with E-state index in [0.29, 0.717) is 25.7 Å². The molecule has 0 aromatic heterocycles. The Hall–Kier alpha value is -1.21. The van der Waals surface area contributed by atoms with E-state index in [1.807, 2.05) is 0 Å². The molecule has 0 aromatic rings. The predicted octanol–water partition coefficient (Wildman–Crippen LogP) is 1.70. The van der Waals surface area contributed by atoms with Crippen molar-refractivity contribution in [3.63, 3.8) is 0 Å². The van der Waals surface area contributed by atoms with Crippen LogP contribution in [0.2, 0.25) is 0 Å². The number of nitrogens with zero attached hydrogens (tertiary/aromatic N) is 2. The Labute approximate surface area is 81.6 Å². The topological polar surface area (TPSA) is 56.4 Å². The fourth-order valence-corrected chi connectivity index (χ4v) is 2.00. The lowest BCUT2D eigenvalue weighted by Gasteiger charge is -2.40. The highest BCUT2D eigenvalue weighted by Crippen LogP contribution is 2.49. The van der Waals surface area contributed by atoms with Crippen molar-refractivity contribution in [3.05, 3.63) is 11.5 Å². The third kappa shape index (κ3) is 1.25. The molecule has 1 aliphatic carbocycles. The van der Waals surface area contributed by atoms with Crippen LogP contribution in [0.15, 0.2) is 16.5 Å². The van der Waals surface area contributed by atoms with Crippen LogP contribution in [0.5, 0.6) is 0 Å². The van der Waals surface area contributed by atoms with E-state index < -0.39 is 11.5 Å². The summed E-state index contributed by atoms with van der Waals surface area (Å²) < 4.78 is 13.4. The Bertz CT molecular complexity index is 348. The SMILES string of the molecule is N#CC1(C2=C(F)CCC=N2)CC(O)C1. The molecule has 0 atom stereocenters. The van der Waals surface area contributed by atoms with Crippen LogP contribution in [0.4, 0.5) is 4.39 Å². The maximum absolute atomic E-state index is 13.4. The van der Waals surface area contributed by atoms with Gasteiger partial charge in [-0.3, -0.25) is 4.99 Å². The molecule has 1 heterocycles. The maximum atomic E-state index is 13.4. The van der Waals surface area contributed by atoms with Crippen LogP contribution in [0, 0.1) is 16.7 Å². The Balaban J connectivity index is 2.30. The number of hydrogen-bond donors (Lipinski definition) is 1. The molecule has 14 heavy (non-hydrogen) atoms. The number of rotatable bonds is 1. The molecule has 0 amide bonds. The molecule has 4 heteroatoms. The average molecular weight is 194 g/mol. The first-order valence-corrected chi connectivity index (χ1v) is 4.69. The van der Waals surface area contributed by atoms with Gasteiger partial charge in [0.1, 0.15) is 11.2 Å². The lowest BCUT2D eigenvalue weighted by Crippen LogP contribution is -2.41. The second-order valence-electron chi connectivity index (χ2n) is 3.86. The predicted molar refractivity (Wildman–Crippen MR) is 49.1 cm³/mol. The average Bonchev–Trinajstić information content (AvgIpc) is 2.14. The number of aliphatic hydroxyl groups is 1. The van der Waals surface area contributed by atoms with Crippen LogP contribution in [-0.4, -0.2) is 17.4 Å². The van der Waals surface area contributed by atoms with Crippen LogP contribution in [0.3, 0.4) is 0 Å². The molecule has 1 saturated carbocycles. The third-order valence-electron chi connectivity index (χ3n) is 2.81. The second-order valence-corrected chi connectivity index (χ2v) is 3.86. The first-order valence-electron chi connectivity index (χ1n) is 4.69. The third-order valence-corrected chi connectivity index (χ3v) is 2.81. The number of allylic oxidation sites excluding steroid dienone is 2. The van der Waals surface area contributed by atoms with Gasteiger partial charge >= 0.3 is 0 Å². The molecule has 1 aliphatic heterocycles. The normalized spacial score (nSPS) is 36.5. The monoisotopic (exact) mass is 194 g/mol. The van der Waals surface area contributed by atoms with Gasteiger partial charge in [-0.05, 0) is 19.3 Å². The van der Waals surface area contributed by atoms with E-state index in [9.17, 15) is 9.50 Å². The molecule has 3 nitrogen and oxygen atoms in total. The molecule has 1 N–H and O–H groups in total. The van der Waals surface area contributed by atoms with Crippen molar-refractivity contribution in [3.8, 4) is 6.07 Å². The zero-order valence-corrected chi connectivity index (χ0v) is 7.70. The first kappa shape index (κ1) is 9.35. The minimum Gasteiger partial charge on any atom is -0.393 e. The van der Waals surface area contributed by atoms with Crippen molar-refractivity contribution in [2.45, 2.75) is 31.8 Å². The van der Waals surface area contributed by atoms with Crippen molar-refractivity contribution in [1.82, 2.24) is 0 Å². The summed E-state index contributed by atoms with van der Waals surface area (Å²) in [4.78, 5) is 3.96. The summed E-state index contributed by atoms with van der Waals surface area (Å²) in [5.41, 5.74) is -0.614. The molecule has 0 unspecified atom stereocenters. The summed E-state index contributed by atoms with van der Waals surface area (Å²) >= 11 is 0. The molecular formula is C10H11FN2O. The molecule has 0 bridgehead atoms. The zero-order valence-electron chi connectivity index (χ0n) is 7.70. The summed E-state index contributed by atoms with van der Waals surface area (Å²) in [6.45, 7) is 0. The van der Waals surface area contributed by atoms with Gasteiger partial charge in [-0.15, -0.1) is 0 Å². The number of hydrogen-bond acceptors (Lipinski definition) is 3. The van der Waals surface area contributed by atoms with Crippen LogP contribution in [0.1, 0.15) is 25.7 Å². The van der Waals surface area contributed by atoms with Gasteiger partial charge in [0, 0.05) is 12.6 Å². The van der Waals surface area contributed by atoms with Gasteiger partial charge in [-0.1, -0.05) is 0 Å². The lowest BCUT2D eigenvalue weighted by atomic mass is 9.65. The van der Waals surface area contributed by atoms with Crippen LogP contribution >= 0.6 is 0 Å². The molecule has 74 valence electrons. The quantitative estimate of drug-likeness (QED) is 0.690. The largest absolute Gasteiger partial charge is 0.393 e. The van der Waals surface area contributed by atoms with Gasteiger partial charge in [-0.2, -0.15) is 5.26 Å². The minimum atomic E-state index is -0.861. The van der Waals surface area contributed by atoms with Crippen molar-refractivity contribution in [2.24, 2.45) is 10.4 Å². The lowest BCUT2D eigenvalue weighted by molar-refractivity contribution is 0.0211. The van der Waals surface area contributed by atoms with E-state index in [2.05, 4.69) is 11.1 Å². The van der Waals surface area contributed by atoms with E-state index in [-0.39, 0.29) is 11.5 Å². The van der Waals surface area contributed by atoms with Crippen molar-refractivity contribution < 1.29 is 9.50 Å². The molecule has 0 spiro atoms. The Morgan fingerprint density at radius 1 is 1.64 bits per heavy atom.